The van der Waals surface area contributed by atoms with Crippen LogP contribution < -0.4 is 10.1 Å². The lowest BCUT2D eigenvalue weighted by Gasteiger charge is -2.28. The third-order valence-electron chi connectivity index (χ3n) is 10.7. The number of aromatic amines is 2. The monoisotopic (exact) mass is 632 g/mol. The molecule has 0 aliphatic carbocycles. The van der Waals surface area contributed by atoms with E-state index in [1.165, 1.54) is 5.56 Å². The zero-order chi connectivity index (χ0) is 32.2. The lowest BCUT2D eigenvalue weighted by atomic mass is 9.92. The molecule has 1 amide bonds. The van der Waals surface area contributed by atoms with Crippen molar-refractivity contribution in [3.8, 4) is 28.1 Å². The van der Waals surface area contributed by atoms with Crippen molar-refractivity contribution in [1.29, 1.82) is 0 Å². The van der Waals surface area contributed by atoms with Gasteiger partial charge in [-0.3, -0.25) is 4.79 Å². The molecular formula is C38H44N6O3. The first kappa shape index (κ1) is 30.1. The second-order valence-corrected chi connectivity index (χ2v) is 14.0. The van der Waals surface area contributed by atoms with E-state index in [1.807, 2.05) is 6.20 Å². The van der Waals surface area contributed by atoms with Crippen molar-refractivity contribution >= 4 is 27.7 Å². The second-order valence-electron chi connectivity index (χ2n) is 14.0. The van der Waals surface area contributed by atoms with Crippen LogP contribution in [0.3, 0.4) is 0 Å². The molecule has 5 aromatic rings. The summed E-state index contributed by atoms with van der Waals surface area (Å²) in [5, 5.41) is 5.84. The first-order valence-corrected chi connectivity index (χ1v) is 17.2. The number of benzene rings is 3. The van der Waals surface area contributed by atoms with E-state index in [2.05, 4.69) is 83.4 Å². The van der Waals surface area contributed by atoms with Crippen molar-refractivity contribution in [3.63, 3.8) is 0 Å². The summed E-state index contributed by atoms with van der Waals surface area (Å²) in [6, 6.07) is 15.7. The van der Waals surface area contributed by atoms with Gasteiger partial charge in [-0.05, 0) is 84.4 Å². The van der Waals surface area contributed by atoms with Crippen LogP contribution in [-0.4, -0.2) is 57.0 Å². The molecule has 3 aromatic carbocycles. The van der Waals surface area contributed by atoms with Gasteiger partial charge in [-0.15, -0.1) is 0 Å². The van der Waals surface area contributed by atoms with Crippen LogP contribution >= 0.6 is 0 Å². The van der Waals surface area contributed by atoms with Gasteiger partial charge in [0, 0.05) is 37.1 Å². The molecule has 0 spiro atoms. The number of carbonyl (C=O) groups excluding carboxylic acids is 1. The highest BCUT2D eigenvalue weighted by atomic mass is 16.5. The zero-order valence-corrected chi connectivity index (χ0v) is 27.7. The molecule has 9 heteroatoms. The predicted molar refractivity (Wildman–Crippen MR) is 184 cm³/mol. The number of H-pyrrole nitrogens is 2. The topological polar surface area (TPSA) is 108 Å². The van der Waals surface area contributed by atoms with Gasteiger partial charge in [0.05, 0.1) is 41.6 Å². The van der Waals surface area contributed by atoms with E-state index in [1.54, 1.807) is 7.11 Å². The lowest BCUT2D eigenvalue weighted by Crippen LogP contribution is -2.36. The number of hydrogen-bond donors (Lipinski definition) is 3. The van der Waals surface area contributed by atoms with Crippen LogP contribution in [-0.2, 0) is 16.1 Å². The van der Waals surface area contributed by atoms with Gasteiger partial charge < -0.3 is 29.7 Å². The van der Waals surface area contributed by atoms with Gasteiger partial charge in [0.2, 0.25) is 5.91 Å². The number of rotatable bonds is 8. The molecule has 0 radical (unpaired) electrons. The maximum absolute atomic E-state index is 13.2. The number of imidazole rings is 2. The van der Waals surface area contributed by atoms with Crippen LogP contribution in [0, 0.1) is 11.8 Å². The summed E-state index contributed by atoms with van der Waals surface area (Å²) in [5.74, 6) is 3.87. The van der Waals surface area contributed by atoms with E-state index in [9.17, 15) is 4.79 Å². The van der Waals surface area contributed by atoms with Crippen molar-refractivity contribution in [2.24, 2.45) is 11.8 Å². The van der Waals surface area contributed by atoms with Crippen LogP contribution in [0.5, 0.6) is 5.75 Å². The molecule has 5 atom stereocenters. The molecule has 3 aliphatic heterocycles. The summed E-state index contributed by atoms with van der Waals surface area (Å²) in [6.07, 6.45) is 6.45. The smallest absolute Gasteiger partial charge is 0.223 e. The van der Waals surface area contributed by atoms with E-state index >= 15 is 0 Å². The Kier molecular flexibility index (Phi) is 7.76. The fraction of sp³-hybridized carbons (Fsp3) is 0.447. The highest BCUT2D eigenvalue weighted by molar-refractivity contribution is 6.07. The molecular weight excluding hydrogens is 588 g/mol. The molecule has 8 rings (SSSR count). The number of nitrogens with one attached hydrogen (secondary N) is 3. The van der Waals surface area contributed by atoms with E-state index in [4.69, 9.17) is 19.4 Å². The SMILES string of the molecule is CCC(C)CC(=O)N1C(C)CCC1c1ncc(-c2ccc3c(c2)COc2cc4c(ccc5[nH]c(C6CC(COC)CN6)nc54)cc2-3)[nH]1. The van der Waals surface area contributed by atoms with Crippen molar-refractivity contribution in [2.75, 3.05) is 20.3 Å². The minimum Gasteiger partial charge on any atom is -0.488 e. The molecule has 0 saturated carbocycles. The van der Waals surface area contributed by atoms with E-state index in [0.29, 0.717) is 24.9 Å². The maximum Gasteiger partial charge on any atom is 0.223 e. The lowest BCUT2D eigenvalue weighted by molar-refractivity contribution is -0.135. The molecule has 2 aromatic heterocycles. The number of nitrogens with zero attached hydrogens (tertiary/aromatic N) is 3. The summed E-state index contributed by atoms with van der Waals surface area (Å²) in [6.45, 7) is 8.66. The number of fused-ring (bicyclic) bond motifs is 6. The van der Waals surface area contributed by atoms with Gasteiger partial charge >= 0.3 is 0 Å². The fourth-order valence-corrected chi connectivity index (χ4v) is 7.89. The van der Waals surface area contributed by atoms with Gasteiger partial charge in [-0.2, -0.15) is 0 Å². The van der Waals surface area contributed by atoms with E-state index in [-0.39, 0.29) is 24.0 Å². The number of amides is 1. The molecule has 5 heterocycles. The highest BCUT2D eigenvalue weighted by Gasteiger charge is 2.37. The molecule has 9 nitrogen and oxygen atoms in total. The Morgan fingerprint density at radius 3 is 2.85 bits per heavy atom. The number of methoxy groups -OCH3 is 1. The van der Waals surface area contributed by atoms with Crippen LogP contribution in [0.25, 0.3) is 44.2 Å². The van der Waals surface area contributed by atoms with E-state index < -0.39 is 0 Å². The summed E-state index contributed by atoms with van der Waals surface area (Å²) in [7, 11) is 1.76. The first-order valence-electron chi connectivity index (χ1n) is 17.2. The van der Waals surface area contributed by atoms with Crippen molar-refractivity contribution < 1.29 is 14.3 Å². The fourth-order valence-electron chi connectivity index (χ4n) is 7.89. The second kappa shape index (κ2) is 12.1. The van der Waals surface area contributed by atoms with Crippen LogP contribution in [0.2, 0.25) is 0 Å². The Morgan fingerprint density at radius 2 is 2.00 bits per heavy atom. The minimum atomic E-state index is -0.00418. The molecule has 3 N–H and O–H groups in total. The van der Waals surface area contributed by atoms with Crippen LogP contribution in [0.4, 0.5) is 0 Å². The number of ether oxygens (including phenoxy) is 2. The molecule has 2 saturated heterocycles. The largest absolute Gasteiger partial charge is 0.488 e. The van der Waals surface area contributed by atoms with Crippen LogP contribution in [0.1, 0.15) is 82.2 Å². The Hall–Kier alpha value is -4.21. The summed E-state index contributed by atoms with van der Waals surface area (Å²) < 4.78 is 11.8. The van der Waals surface area contributed by atoms with Crippen molar-refractivity contribution in [1.82, 2.24) is 30.2 Å². The first-order chi connectivity index (χ1) is 22.9. The molecule has 0 bridgehead atoms. The van der Waals surface area contributed by atoms with E-state index in [0.717, 1.165) is 100 Å². The summed E-state index contributed by atoms with van der Waals surface area (Å²) in [4.78, 5) is 32.3. The summed E-state index contributed by atoms with van der Waals surface area (Å²) in [5.41, 5.74) is 7.48. The molecule has 5 unspecified atom stereocenters. The normalized spacial score (nSPS) is 22.9. The highest BCUT2D eigenvalue weighted by Crippen LogP contribution is 2.43. The van der Waals surface area contributed by atoms with Gasteiger partial charge in [0.25, 0.3) is 0 Å². The molecule has 47 heavy (non-hydrogen) atoms. The Labute approximate surface area is 275 Å². The maximum atomic E-state index is 13.2. The molecule has 2 fully saturated rings. The minimum absolute atomic E-state index is 0.00418. The number of carbonyl (C=O) groups is 1. The Balaban J connectivity index is 1.06. The quantitative estimate of drug-likeness (QED) is 0.164. The van der Waals surface area contributed by atoms with Crippen LogP contribution in [0.15, 0.2) is 48.7 Å². The standard InChI is InChI=1S/C38H44N6O3/c1-5-21(2)12-35(45)44-22(3)6-11-33(44)38-40-18-32(42-38)25-7-9-27-26(14-25)20-47-34-16-28-24(15-29(27)34)8-10-30-36(28)43-37(41-30)31-13-23(17-39-31)19-46-4/h7-10,14-16,18,21-23,31,33,39H,5-6,11-13,17,19-20H2,1-4H3,(H,40,42)(H,41,43). The number of aromatic nitrogens is 4. The van der Waals surface area contributed by atoms with Gasteiger partial charge in [0.1, 0.15) is 24.0 Å². The van der Waals surface area contributed by atoms with Crippen molar-refractivity contribution in [3.05, 3.63) is 65.9 Å². The Bertz CT molecular complexity index is 1960. The number of likely N-dealkylation sites (tertiary alicyclic amines) is 1. The third kappa shape index (κ3) is 5.39. The van der Waals surface area contributed by atoms with Gasteiger partial charge in [0.15, 0.2) is 0 Å². The average Bonchev–Trinajstić information content (AvgIpc) is 3.89. The predicted octanol–water partition coefficient (Wildman–Crippen LogP) is 7.45. The van der Waals surface area contributed by atoms with Gasteiger partial charge in [-0.1, -0.05) is 38.5 Å². The summed E-state index contributed by atoms with van der Waals surface area (Å²) >= 11 is 0. The average molecular weight is 633 g/mol. The van der Waals surface area contributed by atoms with Crippen molar-refractivity contribution in [2.45, 2.75) is 77.6 Å². The molecule has 244 valence electrons. The Morgan fingerprint density at radius 1 is 1.11 bits per heavy atom. The molecule has 3 aliphatic rings. The van der Waals surface area contributed by atoms with Gasteiger partial charge in [-0.25, -0.2) is 9.97 Å². The third-order valence-corrected chi connectivity index (χ3v) is 10.7. The number of hydrogen-bond acceptors (Lipinski definition) is 6. The zero-order valence-electron chi connectivity index (χ0n) is 27.7.